The maximum absolute atomic E-state index is 12.2. The average molecular weight is 241 g/mol. The van der Waals surface area contributed by atoms with Crippen LogP contribution in [0.1, 0.15) is 32.6 Å². The lowest BCUT2D eigenvalue weighted by Crippen LogP contribution is -2.03. The summed E-state index contributed by atoms with van der Waals surface area (Å²) < 4.78 is 16.9. The van der Waals surface area contributed by atoms with E-state index in [0.717, 1.165) is 0 Å². The fraction of sp³-hybridized carbons (Fsp3) is 0.875. The Morgan fingerprint density at radius 2 is 2.25 bits per heavy atom. The molecule has 0 aromatic rings. The van der Waals surface area contributed by atoms with Crippen LogP contribution in [0.3, 0.4) is 0 Å². The zero-order valence-corrected chi connectivity index (χ0v) is 8.77. The molecule has 0 radical (unpaired) electrons. The second kappa shape index (κ2) is 7.53. The summed E-state index contributed by atoms with van der Waals surface area (Å²) in [6.07, 6.45) is 2.27. The van der Waals surface area contributed by atoms with Crippen molar-refractivity contribution in [2.24, 2.45) is 0 Å². The van der Waals surface area contributed by atoms with Gasteiger partial charge in [-0.05, 0) is 26.2 Å². The molecule has 0 saturated heterocycles. The van der Waals surface area contributed by atoms with Crippen molar-refractivity contribution in [3.05, 3.63) is 0 Å². The van der Waals surface area contributed by atoms with Gasteiger partial charge in [0, 0.05) is 6.42 Å². The van der Waals surface area contributed by atoms with E-state index in [2.05, 4.69) is 15.9 Å². The van der Waals surface area contributed by atoms with Gasteiger partial charge < -0.3 is 4.74 Å². The van der Waals surface area contributed by atoms with Gasteiger partial charge in [-0.2, -0.15) is 0 Å². The second-order valence-electron chi connectivity index (χ2n) is 2.44. The zero-order chi connectivity index (χ0) is 9.40. The van der Waals surface area contributed by atoms with Crippen LogP contribution in [0.15, 0.2) is 0 Å². The predicted molar refractivity (Wildman–Crippen MR) is 48.9 cm³/mol. The van der Waals surface area contributed by atoms with Crippen LogP contribution in [-0.2, 0) is 9.53 Å². The molecule has 4 heteroatoms. The quantitative estimate of drug-likeness (QED) is 0.406. The van der Waals surface area contributed by atoms with Crippen LogP contribution in [0.2, 0.25) is 0 Å². The van der Waals surface area contributed by atoms with Gasteiger partial charge in [-0.15, -0.1) is 0 Å². The maximum Gasteiger partial charge on any atom is 0.305 e. The summed E-state index contributed by atoms with van der Waals surface area (Å²) in [5.41, 5.74) is 0. The molecule has 0 aliphatic rings. The minimum Gasteiger partial charge on any atom is -0.466 e. The third-order valence-electron chi connectivity index (χ3n) is 1.36. The van der Waals surface area contributed by atoms with E-state index < -0.39 is 5.08 Å². The number of halogens is 2. The summed E-state index contributed by atoms with van der Waals surface area (Å²) in [4.78, 5) is 10.8. The van der Waals surface area contributed by atoms with Crippen LogP contribution in [0.4, 0.5) is 4.39 Å². The van der Waals surface area contributed by atoms with Crippen molar-refractivity contribution in [1.82, 2.24) is 0 Å². The van der Waals surface area contributed by atoms with Crippen molar-refractivity contribution in [3.63, 3.8) is 0 Å². The molecule has 0 heterocycles. The summed E-state index contributed by atoms with van der Waals surface area (Å²) in [5.74, 6) is -0.192. The molecular formula is C8H14BrFO2. The topological polar surface area (TPSA) is 26.3 Å². The summed E-state index contributed by atoms with van der Waals surface area (Å²) in [7, 11) is 0. The van der Waals surface area contributed by atoms with Crippen molar-refractivity contribution < 1.29 is 13.9 Å². The Balaban J connectivity index is 3.14. The van der Waals surface area contributed by atoms with Gasteiger partial charge in [0.1, 0.15) is 0 Å². The Labute approximate surface area is 80.6 Å². The molecule has 0 bridgehead atoms. The van der Waals surface area contributed by atoms with Gasteiger partial charge in [0.05, 0.1) is 6.61 Å². The summed E-state index contributed by atoms with van der Waals surface area (Å²) in [5, 5.41) is -0.945. The van der Waals surface area contributed by atoms with Gasteiger partial charge in [0.25, 0.3) is 0 Å². The first-order valence-electron chi connectivity index (χ1n) is 4.10. The first-order valence-corrected chi connectivity index (χ1v) is 5.02. The van der Waals surface area contributed by atoms with Crippen LogP contribution in [0, 0.1) is 0 Å². The first-order chi connectivity index (χ1) is 5.66. The normalized spacial score (nSPS) is 12.6. The van der Waals surface area contributed by atoms with Crippen molar-refractivity contribution >= 4 is 21.9 Å². The number of ether oxygens (including phenoxy) is 1. The van der Waals surface area contributed by atoms with Crippen LogP contribution in [0.5, 0.6) is 0 Å². The lowest BCUT2D eigenvalue weighted by molar-refractivity contribution is -0.143. The fourth-order valence-corrected chi connectivity index (χ4v) is 1.12. The molecular weight excluding hydrogens is 227 g/mol. The predicted octanol–water partition coefficient (Wildman–Crippen LogP) is 2.80. The average Bonchev–Trinajstić information content (AvgIpc) is 1.98. The molecule has 0 aliphatic heterocycles. The number of hydrogen-bond donors (Lipinski definition) is 0. The maximum atomic E-state index is 12.2. The van der Waals surface area contributed by atoms with Gasteiger partial charge in [-0.1, -0.05) is 15.9 Å². The first kappa shape index (κ1) is 11.9. The van der Waals surface area contributed by atoms with E-state index in [0.29, 0.717) is 32.3 Å². The van der Waals surface area contributed by atoms with Crippen molar-refractivity contribution in [2.75, 3.05) is 6.61 Å². The Morgan fingerprint density at radius 1 is 1.58 bits per heavy atom. The minimum atomic E-state index is -0.945. The molecule has 0 aromatic carbocycles. The van der Waals surface area contributed by atoms with E-state index in [-0.39, 0.29) is 5.97 Å². The highest BCUT2D eigenvalue weighted by atomic mass is 79.9. The van der Waals surface area contributed by atoms with Crippen molar-refractivity contribution in [1.29, 1.82) is 0 Å². The smallest absolute Gasteiger partial charge is 0.305 e. The monoisotopic (exact) mass is 240 g/mol. The van der Waals surface area contributed by atoms with Gasteiger partial charge in [-0.3, -0.25) is 4.79 Å². The summed E-state index contributed by atoms with van der Waals surface area (Å²) in [6.45, 7) is 2.19. The largest absolute Gasteiger partial charge is 0.466 e. The molecule has 0 fully saturated rings. The number of carbonyl (C=O) groups is 1. The lowest BCUT2D eigenvalue weighted by atomic mass is 10.2. The van der Waals surface area contributed by atoms with Crippen molar-refractivity contribution in [3.8, 4) is 0 Å². The summed E-state index contributed by atoms with van der Waals surface area (Å²) in [6, 6.07) is 0. The van der Waals surface area contributed by atoms with Crippen LogP contribution in [-0.4, -0.2) is 17.7 Å². The molecule has 0 N–H and O–H groups in total. The Kier molecular flexibility index (Phi) is 7.45. The molecule has 72 valence electrons. The third-order valence-corrected chi connectivity index (χ3v) is 1.82. The molecule has 0 aliphatic carbocycles. The number of hydrogen-bond acceptors (Lipinski definition) is 2. The molecule has 2 nitrogen and oxygen atoms in total. The molecule has 0 amide bonds. The SMILES string of the molecule is CCOC(=O)CCCCC(F)Br. The van der Waals surface area contributed by atoms with Gasteiger partial charge in [0.2, 0.25) is 0 Å². The fourth-order valence-electron chi connectivity index (χ4n) is 0.801. The molecule has 0 aromatic heterocycles. The highest BCUT2D eigenvalue weighted by Crippen LogP contribution is 2.11. The highest BCUT2D eigenvalue weighted by Gasteiger charge is 2.03. The van der Waals surface area contributed by atoms with Gasteiger partial charge in [0.15, 0.2) is 5.08 Å². The Bertz CT molecular complexity index is 128. The Morgan fingerprint density at radius 3 is 2.75 bits per heavy atom. The molecule has 0 saturated carbocycles. The zero-order valence-electron chi connectivity index (χ0n) is 7.19. The minimum absolute atomic E-state index is 0.192. The van der Waals surface area contributed by atoms with Crippen molar-refractivity contribution in [2.45, 2.75) is 37.7 Å². The lowest BCUT2D eigenvalue weighted by Gasteiger charge is -2.01. The third kappa shape index (κ3) is 7.98. The standard InChI is InChI=1S/C8H14BrFO2/c1-2-12-8(11)6-4-3-5-7(9)10/h7H,2-6H2,1H3. The molecule has 12 heavy (non-hydrogen) atoms. The number of esters is 1. The van der Waals surface area contributed by atoms with E-state index >= 15 is 0 Å². The highest BCUT2D eigenvalue weighted by molar-refractivity contribution is 9.09. The van der Waals surface area contributed by atoms with Crippen LogP contribution in [0.25, 0.3) is 0 Å². The molecule has 1 unspecified atom stereocenters. The molecule has 0 spiro atoms. The number of rotatable bonds is 6. The number of carbonyl (C=O) groups excluding carboxylic acids is 1. The van der Waals surface area contributed by atoms with E-state index in [9.17, 15) is 9.18 Å². The van der Waals surface area contributed by atoms with Gasteiger partial charge >= 0.3 is 5.97 Å². The van der Waals surface area contributed by atoms with E-state index in [1.165, 1.54) is 0 Å². The summed E-state index contributed by atoms with van der Waals surface area (Å²) >= 11 is 2.79. The molecule has 0 rings (SSSR count). The second-order valence-corrected chi connectivity index (χ2v) is 3.44. The van der Waals surface area contributed by atoms with E-state index in [1.54, 1.807) is 6.92 Å². The van der Waals surface area contributed by atoms with Crippen LogP contribution >= 0.6 is 15.9 Å². The van der Waals surface area contributed by atoms with E-state index in [4.69, 9.17) is 4.74 Å². The van der Waals surface area contributed by atoms with Crippen LogP contribution < -0.4 is 0 Å². The number of alkyl halides is 2. The molecule has 1 atom stereocenters. The Hall–Kier alpha value is -0.120. The van der Waals surface area contributed by atoms with Gasteiger partial charge in [-0.25, -0.2) is 4.39 Å². The van der Waals surface area contributed by atoms with E-state index in [1.807, 2.05) is 0 Å². The number of unbranched alkanes of at least 4 members (excludes halogenated alkanes) is 1.